The lowest BCUT2D eigenvalue weighted by Crippen LogP contribution is -2.27. The number of anilines is 1. The van der Waals surface area contributed by atoms with E-state index < -0.39 is 0 Å². The number of hydrogen-bond acceptors (Lipinski definition) is 2. The molecule has 1 amide bonds. The van der Waals surface area contributed by atoms with E-state index in [9.17, 15) is 9.18 Å². The van der Waals surface area contributed by atoms with Crippen molar-refractivity contribution in [2.24, 2.45) is 0 Å². The van der Waals surface area contributed by atoms with Crippen LogP contribution in [-0.4, -0.2) is 18.5 Å². The van der Waals surface area contributed by atoms with Crippen LogP contribution < -0.4 is 10.6 Å². The fourth-order valence-corrected chi connectivity index (χ4v) is 2.29. The zero-order chi connectivity index (χ0) is 12.3. The molecule has 0 spiro atoms. The number of hydrogen-bond donors (Lipinski definition) is 2. The van der Waals surface area contributed by atoms with Crippen LogP contribution in [0.15, 0.2) is 22.7 Å². The zero-order valence-corrected chi connectivity index (χ0v) is 10.9. The van der Waals surface area contributed by atoms with E-state index in [2.05, 4.69) is 26.6 Å². The second-order valence-corrected chi connectivity index (χ2v) is 5.08. The van der Waals surface area contributed by atoms with Crippen molar-refractivity contribution in [2.45, 2.75) is 25.3 Å². The van der Waals surface area contributed by atoms with Gasteiger partial charge in [-0.3, -0.25) is 4.79 Å². The average molecular weight is 301 g/mol. The summed E-state index contributed by atoms with van der Waals surface area (Å²) in [6.07, 6.45) is 2.18. The number of nitrogens with one attached hydrogen (secondary N) is 2. The van der Waals surface area contributed by atoms with Gasteiger partial charge >= 0.3 is 0 Å². The number of benzene rings is 1. The lowest BCUT2D eigenvalue weighted by molar-refractivity contribution is -0.120. The molecule has 0 aliphatic carbocycles. The first-order valence-electron chi connectivity index (χ1n) is 5.63. The first kappa shape index (κ1) is 12.4. The van der Waals surface area contributed by atoms with Gasteiger partial charge in [-0.05, 0) is 31.0 Å². The van der Waals surface area contributed by atoms with Crippen LogP contribution in [0, 0.1) is 5.82 Å². The minimum Gasteiger partial charge on any atom is -0.379 e. The van der Waals surface area contributed by atoms with Crippen LogP contribution >= 0.6 is 15.9 Å². The summed E-state index contributed by atoms with van der Waals surface area (Å²) in [4.78, 5) is 11.4. The molecule has 1 aliphatic rings. The van der Waals surface area contributed by atoms with Crippen LogP contribution in [0.3, 0.4) is 0 Å². The van der Waals surface area contributed by atoms with Gasteiger partial charge < -0.3 is 10.6 Å². The number of carbonyl (C=O) groups is 1. The maximum absolute atomic E-state index is 13.5. The predicted molar refractivity (Wildman–Crippen MR) is 68.4 cm³/mol. The highest BCUT2D eigenvalue weighted by atomic mass is 79.9. The molecular formula is C12H14BrFN2O. The van der Waals surface area contributed by atoms with Gasteiger partial charge in [0.25, 0.3) is 0 Å². The van der Waals surface area contributed by atoms with E-state index in [-0.39, 0.29) is 17.8 Å². The highest BCUT2D eigenvalue weighted by Gasteiger charge is 2.18. The van der Waals surface area contributed by atoms with E-state index in [0.29, 0.717) is 18.7 Å². The minimum absolute atomic E-state index is 0.00120. The van der Waals surface area contributed by atoms with Gasteiger partial charge in [0.15, 0.2) is 0 Å². The lowest BCUT2D eigenvalue weighted by Gasteiger charge is -2.17. The molecule has 92 valence electrons. The Hall–Kier alpha value is -1.10. The molecule has 3 nitrogen and oxygen atoms in total. The number of carbonyl (C=O) groups excluding carboxylic acids is 1. The van der Waals surface area contributed by atoms with Crippen molar-refractivity contribution in [3.8, 4) is 0 Å². The summed E-state index contributed by atoms with van der Waals surface area (Å²) in [5, 5.41) is 5.90. The van der Waals surface area contributed by atoms with Crippen molar-refractivity contribution < 1.29 is 9.18 Å². The molecule has 2 N–H and O–H groups in total. The Morgan fingerprint density at radius 2 is 2.29 bits per heavy atom. The second kappa shape index (κ2) is 5.49. The predicted octanol–water partition coefficient (Wildman–Crippen LogP) is 2.67. The van der Waals surface area contributed by atoms with Crippen LogP contribution in [0.4, 0.5) is 10.1 Å². The first-order chi connectivity index (χ1) is 8.15. The fraction of sp³-hybridized carbons (Fsp3) is 0.417. The smallest absolute Gasteiger partial charge is 0.222 e. The standard InChI is InChI=1S/C12H14BrFN2O/c13-8-3-4-10(14)11(6-8)16-9-2-1-5-15-12(17)7-9/h3-4,6,9,16H,1-2,5,7H2,(H,15,17). The molecule has 1 aromatic rings. The van der Waals surface area contributed by atoms with Gasteiger partial charge in [0.2, 0.25) is 5.91 Å². The maximum atomic E-state index is 13.5. The summed E-state index contributed by atoms with van der Waals surface area (Å²) in [6, 6.07) is 4.75. The summed E-state index contributed by atoms with van der Waals surface area (Å²) in [5.41, 5.74) is 0.444. The second-order valence-electron chi connectivity index (χ2n) is 4.16. The van der Waals surface area contributed by atoms with Gasteiger partial charge in [-0.25, -0.2) is 4.39 Å². The quantitative estimate of drug-likeness (QED) is 0.882. The Balaban J connectivity index is 2.08. The normalized spacial score (nSPS) is 20.6. The number of halogens is 2. The summed E-state index contributed by atoms with van der Waals surface area (Å²) in [7, 11) is 0. The average Bonchev–Trinajstić information content (AvgIpc) is 2.48. The molecule has 2 rings (SSSR count). The van der Waals surface area contributed by atoms with Crippen molar-refractivity contribution in [1.82, 2.24) is 5.32 Å². The van der Waals surface area contributed by atoms with E-state index in [1.54, 1.807) is 12.1 Å². The Labute approximate surface area is 108 Å². The molecule has 1 aliphatic heterocycles. The Kier molecular flexibility index (Phi) is 3.99. The monoisotopic (exact) mass is 300 g/mol. The molecule has 1 heterocycles. The lowest BCUT2D eigenvalue weighted by atomic mass is 10.1. The highest BCUT2D eigenvalue weighted by molar-refractivity contribution is 9.10. The summed E-state index contributed by atoms with van der Waals surface area (Å²) in [6.45, 7) is 0.706. The Morgan fingerprint density at radius 3 is 3.12 bits per heavy atom. The Bertz CT molecular complexity index is 425. The van der Waals surface area contributed by atoms with Crippen LogP contribution in [-0.2, 0) is 4.79 Å². The SMILES string of the molecule is O=C1CC(Nc2cc(Br)ccc2F)CCCN1. The summed E-state index contributed by atoms with van der Waals surface area (Å²) in [5.74, 6) is -0.270. The van der Waals surface area contributed by atoms with E-state index in [1.165, 1.54) is 6.07 Å². The van der Waals surface area contributed by atoms with Gasteiger partial charge in [0, 0.05) is 23.5 Å². The molecular weight excluding hydrogens is 287 g/mol. The van der Waals surface area contributed by atoms with E-state index in [1.807, 2.05) is 0 Å². The van der Waals surface area contributed by atoms with Gasteiger partial charge in [0.05, 0.1) is 5.69 Å². The molecule has 0 aromatic heterocycles. The van der Waals surface area contributed by atoms with Crippen molar-refractivity contribution in [3.05, 3.63) is 28.5 Å². The van der Waals surface area contributed by atoms with Gasteiger partial charge in [-0.15, -0.1) is 0 Å². The molecule has 1 aromatic carbocycles. The largest absolute Gasteiger partial charge is 0.379 e. The van der Waals surface area contributed by atoms with E-state index in [0.717, 1.165) is 17.3 Å². The van der Waals surface area contributed by atoms with Crippen molar-refractivity contribution in [1.29, 1.82) is 0 Å². The zero-order valence-electron chi connectivity index (χ0n) is 9.30. The van der Waals surface area contributed by atoms with Crippen LogP contribution in [0.5, 0.6) is 0 Å². The minimum atomic E-state index is -0.294. The molecule has 17 heavy (non-hydrogen) atoms. The molecule has 0 saturated carbocycles. The molecule has 5 heteroatoms. The van der Waals surface area contributed by atoms with Gasteiger partial charge in [-0.2, -0.15) is 0 Å². The van der Waals surface area contributed by atoms with Crippen molar-refractivity contribution >= 4 is 27.5 Å². The van der Waals surface area contributed by atoms with Crippen LogP contribution in [0.1, 0.15) is 19.3 Å². The molecule has 0 bridgehead atoms. The third-order valence-electron chi connectivity index (χ3n) is 2.77. The van der Waals surface area contributed by atoms with E-state index >= 15 is 0 Å². The maximum Gasteiger partial charge on any atom is 0.222 e. The van der Waals surface area contributed by atoms with Crippen molar-refractivity contribution in [3.63, 3.8) is 0 Å². The summed E-state index contributed by atoms with van der Waals surface area (Å²) >= 11 is 3.30. The fourth-order valence-electron chi connectivity index (χ4n) is 1.93. The summed E-state index contributed by atoms with van der Waals surface area (Å²) < 4.78 is 14.4. The molecule has 1 fully saturated rings. The molecule has 0 radical (unpaired) electrons. The molecule has 1 unspecified atom stereocenters. The first-order valence-corrected chi connectivity index (χ1v) is 6.43. The third kappa shape index (κ3) is 3.43. The highest BCUT2D eigenvalue weighted by Crippen LogP contribution is 2.22. The molecule has 1 saturated heterocycles. The molecule has 1 atom stereocenters. The topological polar surface area (TPSA) is 41.1 Å². The number of rotatable bonds is 2. The van der Waals surface area contributed by atoms with Crippen molar-refractivity contribution in [2.75, 3.05) is 11.9 Å². The van der Waals surface area contributed by atoms with Gasteiger partial charge in [-0.1, -0.05) is 15.9 Å². The Morgan fingerprint density at radius 1 is 1.47 bits per heavy atom. The number of amides is 1. The third-order valence-corrected chi connectivity index (χ3v) is 3.26. The van der Waals surface area contributed by atoms with E-state index in [4.69, 9.17) is 0 Å². The van der Waals surface area contributed by atoms with Gasteiger partial charge in [0.1, 0.15) is 5.82 Å². The van der Waals surface area contributed by atoms with Crippen LogP contribution in [0.25, 0.3) is 0 Å². The van der Waals surface area contributed by atoms with Crippen LogP contribution in [0.2, 0.25) is 0 Å².